The number of nitrogens with one attached hydrogen (secondary N) is 1. The van der Waals surface area contributed by atoms with Crippen LogP contribution in [0.15, 0.2) is 0 Å². The van der Waals surface area contributed by atoms with Gasteiger partial charge in [-0.3, -0.25) is 0 Å². The number of aliphatic hydroxyl groups excluding tert-OH is 1. The summed E-state index contributed by atoms with van der Waals surface area (Å²) in [5.74, 6) is 1.98. The van der Waals surface area contributed by atoms with E-state index in [-0.39, 0.29) is 6.61 Å². The van der Waals surface area contributed by atoms with Gasteiger partial charge in [-0.1, -0.05) is 0 Å². The van der Waals surface area contributed by atoms with Gasteiger partial charge in [0.05, 0.1) is 6.61 Å². The molecule has 0 radical (unpaired) electrons. The highest BCUT2D eigenvalue weighted by Gasteiger charge is 2.19. The molecule has 2 heterocycles. The summed E-state index contributed by atoms with van der Waals surface area (Å²) < 4.78 is 0. The molecule has 0 amide bonds. The molecular weight excluding hydrogens is 256 g/mol. The maximum Gasteiger partial charge on any atom is 0.232 e. The molecular formula is C13H24N6O. The summed E-state index contributed by atoms with van der Waals surface area (Å²) in [5.41, 5.74) is 0. The molecule has 0 saturated carbocycles. The van der Waals surface area contributed by atoms with E-state index in [1.54, 1.807) is 0 Å². The van der Waals surface area contributed by atoms with Crippen LogP contribution in [0.4, 0.5) is 17.8 Å². The van der Waals surface area contributed by atoms with Crippen molar-refractivity contribution in [3.8, 4) is 0 Å². The molecule has 0 unspecified atom stereocenters. The van der Waals surface area contributed by atoms with E-state index >= 15 is 0 Å². The van der Waals surface area contributed by atoms with E-state index < -0.39 is 0 Å². The molecule has 2 rings (SSSR count). The fourth-order valence-corrected chi connectivity index (χ4v) is 2.31. The summed E-state index contributed by atoms with van der Waals surface area (Å²) in [7, 11) is 0. The first-order chi connectivity index (χ1) is 9.78. The van der Waals surface area contributed by atoms with Crippen LogP contribution in [-0.4, -0.2) is 59.4 Å². The Morgan fingerprint density at radius 3 is 2.55 bits per heavy atom. The Balaban J connectivity index is 2.28. The van der Waals surface area contributed by atoms with Crippen molar-refractivity contribution in [3.05, 3.63) is 0 Å². The van der Waals surface area contributed by atoms with Crippen LogP contribution in [0, 0.1) is 0 Å². The van der Waals surface area contributed by atoms with Gasteiger partial charge in [0.25, 0.3) is 0 Å². The zero-order valence-electron chi connectivity index (χ0n) is 12.3. The number of rotatable bonds is 7. The molecule has 2 N–H and O–H groups in total. The molecule has 1 fully saturated rings. The monoisotopic (exact) mass is 280 g/mol. The molecule has 1 saturated heterocycles. The van der Waals surface area contributed by atoms with Gasteiger partial charge in [-0.15, -0.1) is 0 Å². The predicted molar refractivity (Wildman–Crippen MR) is 80.4 cm³/mol. The zero-order valence-corrected chi connectivity index (χ0v) is 12.3. The van der Waals surface area contributed by atoms with Crippen LogP contribution in [0.2, 0.25) is 0 Å². The van der Waals surface area contributed by atoms with Gasteiger partial charge in [-0.25, -0.2) is 0 Å². The third-order valence-electron chi connectivity index (χ3n) is 3.37. The van der Waals surface area contributed by atoms with Crippen molar-refractivity contribution in [3.63, 3.8) is 0 Å². The predicted octanol–water partition coefficient (Wildman–Crippen LogP) is 0.722. The molecule has 7 nitrogen and oxygen atoms in total. The number of aliphatic hydroxyl groups is 1. The third kappa shape index (κ3) is 3.47. The molecule has 20 heavy (non-hydrogen) atoms. The summed E-state index contributed by atoms with van der Waals surface area (Å²) in [5, 5.41) is 12.3. The first kappa shape index (κ1) is 14.8. The van der Waals surface area contributed by atoms with Crippen LogP contribution < -0.4 is 15.1 Å². The summed E-state index contributed by atoms with van der Waals surface area (Å²) in [4.78, 5) is 17.6. The van der Waals surface area contributed by atoms with E-state index in [9.17, 15) is 0 Å². The van der Waals surface area contributed by atoms with Crippen molar-refractivity contribution in [1.29, 1.82) is 0 Å². The number of anilines is 3. The van der Waals surface area contributed by atoms with Gasteiger partial charge in [-0.2, -0.15) is 15.0 Å². The summed E-state index contributed by atoms with van der Waals surface area (Å²) >= 11 is 0. The van der Waals surface area contributed by atoms with Crippen LogP contribution in [0.5, 0.6) is 0 Å². The lowest BCUT2D eigenvalue weighted by Crippen LogP contribution is -2.30. The summed E-state index contributed by atoms with van der Waals surface area (Å²) in [6, 6.07) is 0. The molecule has 0 atom stereocenters. The second-order valence-electron chi connectivity index (χ2n) is 4.79. The van der Waals surface area contributed by atoms with Crippen molar-refractivity contribution in [1.82, 2.24) is 15.0 Å². The molecule has 0 aromatic carbocycles. The quantitative estimate of drug-likeness (QED) is 0.762. The van der Waals surface area contributed by atoms with E-state index in [0.717, 1.165) is 32.1 Å². The Bertz CT molecular complexity index is 421. The van der Waals surface area contributed by atoms with Crippen LogP contribution in [0.3, 0.4) is 0 Å². The summed E-state index contributed by atoms with van der Waals surface area (Å²) in [6.07, 6.45) is 2.37. The second-order valence-corrected chi connectivity index (χ2v) is 4.79. The SMILES string of the molecule is CCNc1nc(N(CC)CCO)nc(N2CCCC2)n1. The van der Waals surface area contributed by atoms with Crippen LogP contribution >= 0.6 is 0 Å². The fraction of sp³-hybridized carbons (Fsp3) is 0.769. The minimum atomic E-state index is 0.0924. The Morgan fingerprint density at radius 1 is 1.20 bits per heavy atom. The standard InChI is InChI=1S/C13H24N6O/c1-3-14-11-15-12(18(4-2)9-10-20)17-13(16-11)19-7-5-6-8-19/h20H,3-10H2,1-2H3,(H,14,15,16,17). The highest BCUT2D eigenvalue weighted by molar-refractivity contribution is 5.45. The fourth-order valence-electron chi connectivity index (χ4n) is 2.31. The zero-order chi connectivity index (χ0) is 14.4. The molecule has 7 heteroatoms. The average molecular weight is 280 g/mol. The van der Waals surface area contributed by atoms with E-state index in [1.165, 1.54) is 12.8 Å². The molecule has 112 valence electrons. The number of aromatic nitrogens is 3. The Hall–Kier alpha value is -1.63. The Kier molecular flexibility index (Phi) is 5.34. The lowest BCUT2D eigenvalue weighted by molar-refractivity contribution is 0.301. The number of hydrogen-bond donors (Lipinski definition) is 2. The Morgan fingerprint density at radius 2 is 1.95 bits per heavy atom. The largest absolute Gasteiger partial charge is 0.395 e. The topological polar surface area (TPSA) is 77.4 Å². The van der Waals surface area contributed by atoms with E-state index in [0.29, 0.717) is 18.4 Å². The molecule has 1 aromatic rings. The average Bonchev–Trinajstić information content (AvgIpc) is 2.99. The van der Waals surface area contributed by atoms with E-state index in [1.807, 2.05) is 18.7 Å². The molecule has 0 bridgehead atoms. The van der Waals surface area contributed by atoms with Crippen LogP contribution in [0.1, 0.15) is 26.7 Å². The number of nitrogens with zero attached hydrogens (tertiary/aromatic N) is 5. The van der Waals surface area contributed by atoms with Crippen molar-refractivity contribution >= 4 is 17.8 Å². The van der Waals surface area contributed by atoms with Crippen molar-refractivity contribution in [2.45, 2.75) is 26.7 Å². The van der Waals surface area contributed by atoms with Crippen LogP contribution in [0.25, 0.3) is 0 Å². The van der Waals surface area contributed by atoms with Gasteiger partial charge in [0, 0.05) is 32.7 Å². The minimum absolute atomic E-state index is 0.0924. The van der Waals surface area contributed by atoms with E-state index in [4.69, 9.17) is 5.11 Å². The van der Waals surface area contributed by atoms with E-state index in [2.05, 4.69) is 25.2 Å². The van der Waals surface area contributed by atoms with Gasteiger partial charge in [-0.05, 0) is 26.7 Å². The van der Waals surface area contributed by atoms with Gasteiger partial charge in [0.2, 0.25) is 17.8 Å². The molecule has 1 aliphatic rings. The highest BCUT2D eigenvalue weighted by Crippen LogP contribution is 2.20. The highest BCUT2D eigenvalue weighted by atomic mass is 16.3. The maximum atomic E-state index is 9.14. The van der Waals surface area contributed by atoms with Crippen molar-refractivity contribution in [2.24, 2.45) is 0 Å². The van der Waals surface area contributed by atoms with Gasteiger partial charge < -0.3 is 20.2 Å². The number of likely N-dealkylation sites (N-methyl/N-ethyl adjacent to an activating group) is 1. The van der Waals surface area contributed by atoms with Crippen molar-refractivity contribution < 1.29 is 5.11 Å². The van der Waals surface area contributed by atoms with Gasteiger partial charge in [0.15, 0.2) is 0 Å². The van der Waals surface area contributed by atoms with Crippen molar-refractivity contribution in [2.75, 3.05) is 54.4 Å². The Labute approximate surface area is 120 Å². The third-order valence-corrected chi connectivity index (χ3v) is 3.37. The number of hydrogen-bond acceptors (Lipinski definition) is 7. The molecule has 1 aromatic heterocycles. The lowest BCUT2D eigenvalue weighted by Gasteiger charge is -2.22. The van der Waals surface area contributed by atoms with Gasteiger partial charge >= 0.3 is 0 Å². The minimum Gasteiger partial charge on any atom is -0.395 e. The molecule has 1 aliphatic heterocycles. The van der Waals surface area contributed by atoms with Crippen LogP contribution in [-0.2, 0) is 0 Å². The molecule has 0 spiro atoms. The first-order valence-electron chi connectivity index (χ1n) is 7.39. The maximum absolute atomic E-state index is 9.14. The van der Waals surface area contributed by atoms with Gasteiger partial charge in [0.1, 0.15) is 0 Å². The molecule has 0 aliphatic carbocycles. The summed E-state index contributed by atoms with van der Waals surface area (Å²) in [6.45, 7) is 8.21. The second kappa shape index (κ2) is 7.23. The lowest BCUT2D eigenvalue weighted by atomic mass is 10.4. The normalized spacial score (nSPS) is 14.7. The smallest absolute Gasteiger partial charge is 0.232 e. The first-order valence-corrected chi connectivity index (χ1v) is 7.39.